The maximum absolute atomic E-state index is 6.08. The quantitative estimate of drug-likeness (QED) is 0.511. The largest absolute Gasteiger partial charge is 0.378 e. The highest BCUT2D eigenvalue weighted by molar-refractivity contribution is 9.10. The van der Waals surface area contributed by atoms with E-state index in [9.17, 15) is 0 Å². The number of hydrogen-bond acceptors (Lipinski definition) is 5. The number of rotatable bonds is 4. The number of imidazole rings is 1. The molecule has 0 bridgehead atoms. The Hall–Kier alpha value is -1.96. The molecule has 120 valence electrons. The Bertz CT molecular complexity index is 998. The molecule has 0 aliphatic heterocycles. The zero-order chi connectivity index (χ0) is 16.5. The predicted molar refractivity (Wildman–Crippen MR) is 101 cm³/mol. The molecule has 0 aliphatic carbocycles. The Morgan fingerprint density at radius 3 is 2.79 bits per heavy atom. The van der Waals surface area contributed by atoms with Gasteiger partial charge in [0.1, 0.15) is 10.9 Å². The van der Waals surface area contributed by atoms with Crippen molar-refractivity contribution in [3.05, 3.63) is 63.8 Å². The van der Waals surface area contributed by atoms with E-state index < -0.39 is 0 Å². The molecule has 0 fully saturated rings. The van der Waals surface area contributed by atoms with Gasteiger partial charge in [-0.3, -0.25) is 4.40 Å². The number of fused-ring (bicyclic) bond motifs is 1. The van der Waals surface area contributed by atoms with Crippen LogP contribution in [0.2, 0.25) is 4.34 Å². The number of anilines is 1. The lowest BCUT2D eigenvalue weighted by Gasteiger charge is -2.10. The smallest absolute Gasteiger partial charge is 0.161 e. The van der Waals surface area contributed by atoms with Gasteiger partial charge in [-0.2, -0.15) is 0 Å². The van der Waals surface area contributed by atoms with Gasteiger partial charge < -0.3 is 5.32 Å². The summed E-state index contributed by atoms with van der Waals surface area (Å²) < 4.78 is 3.67. The zero-order valence-corrected chi connectivity index (χ0v) is 15.4. The number of hydrogen-bond donors (Lipinski definition) is 1. The van der Waals surface area contributed by atoms with Gasteiger partial charge in [-0.15, -0.1) is 11.3 Å². The molecule has 0 aromatic carbocycles. The van der Waals surface area contributed by atoms with E-state index in [2.05, 4.69) is 42.3 Å². The van der Waals surface area contributed by atoms with Gasteiger partial charge >= 0.3 is 0 Å². The van der Waals surface area contributed by atoms with Crippen molar-refractivity contribution in [3.63, 3.8) is 0 Å². The minimum absolute atomic E-state index is 0.621. The van der Waals surface area contributed by atoms with E-state index in [1.54, 1.807) is 29.9 Å². The summed E-state index contributed by atoms with van der Waals surface area (Å²) in [6, 6.07) is 6.01. The van der Waals surface area contributed by atoms with Crippen molar-refractivity contribution in [2.24, 2.45) is 0 Å². The molecule has 4 heterocycles. The summed E-state index contributed by atoms with van der Waals surface area (Å²) in [5.41, 5.74) is 3.87. The van der Waals surface area contributed by atoms with Gasteiger partial charge in [0.15, 0.2) is 5.65 Å². The van der Waals surface area contributed by atoms with Gasteiger partial charge in [-0.1, -0.05) is 11.6 Å². The number of nitrogens with one attached hydrogen (secondary N) is 1. The lowest BCUT2D eigenvalue weighted by atomic mass is 10.2. The highest BCUT2D eigenvalue weighted by Gasteiger charge is 2.11. The second kappa shape index (κ2) is 6.51. The molecular formula is C16H11BrClN5S. The van der Waals surface area contributed by atoms with Gasteiger partial charge in [0, 0.05) is 41.1 Å². The first-order valence-corrected chi connectivity index (χ1v) is 9.09. The number of pyridine rings is 1. The molecule has 8 heteroatoms. The minimum atomic E-state index is 0.621. The van der Waals surface area contributed by atoms with Crippen molar-refractivity contribution < 1.29 is 0 Å². The van der Waals surface area contributed by atoms with Crippen LogP contribution in [0.4, 0.5) is 5.69 Å². The summed E-state index contributed by atoms with van der Waals surface area (Å²) in [5.74, 6) is 0. The highest BCUT2D eigenvalue weighted by Crippen LogP contribution is 2.34. The molecule has 4 rings (SSSR count). The average molecular weight is 421 g/mol. The molecular weight excluding hydrogens is 410 g/mol. The third-order valence-corrected chi connectivity index (χ3v) is 5.38. The molecule has 0 saturated heterocycles. The van der Waals surface area contributed by atoms with E-state index in [1.165, 1.54) is 6.33 Å². The van der Waals surface area contributed by atoms with Gasteiger partial charge in [0.2, 0.25) is 0 Å². The van der Waals surface area contributed by atoms with Crippen molar-refractivity contribution in [2.45, 2.75) is 6.54 Å². The molecule has 0 aliphatic rings. The Morgan fingerprint density at radius 2 is 2.04 bits per heavy atom. The number of nitrogens with zero attached hydrogens (tertiary/aromatic N) is 4. The summed E-state index contributed by atoms with van der Waals surface area (Å²) in [4.78, 5) is 13.7. The van der Waals surface area contributed by atoms with Gasteiger partial charge in [-0.25, -0.2) is 15.0 Å². The van der Waals surface area contributed by atoms with Crippen molar-refractivity contribution in [1.82, 2.24) is 19.4 Å². The van der Waals surface area contributed by atoms with Crippen LogP contribution in [0.1, 0.15) is 5.56 Å². The number of thiophene rings is 1. The van der Waals surface area contributed by atoms with Crippen molar-refractivity contribution in [3.8, 4) is 10.4 Å². The second-order valence-corrected chi connectivity index (χ2v) is 7.65. The maximum atomic E-state index is 6.08. The van der Waals surface area contributed by atoms with Gasteiger partial charge in [0.05, 0.1) is 16.2 Å². The number of aromatic nitrogens is 4. The van der Waals surface area contributed by atoms with Crippen LogP contribution >= 0.6 is 38.9 Å². The van der Waals surface area contributed by atoms with E-state index in [1.807, 2.05) is 22.7 Å². The van der Waals surface area contributed by atoms with Gasteiger partial charge in [-0.05, 0) is 34.1 Å². The molecule has 0 radical (unpaired) electrons. The average Bonchev–Trinajstić information content (AvgIpc) is 3.20. The number of halogens is 2. The summed E-state index contributed by atoms with van der Waals surface area (Å²) in [6.07, 6.45) is 8.94. The molecule has 5 nitrogen and oxygen atoms in total. The first-order valence-electron chi connectivity index (χ1n) is 7.11. The van der Waals surface area contributed by atoms with Crippen LogP contribution in [0.15, 0.2) is 53.9 Å². The maximum Gasteiger partial charge on any atom is 0.161 e. The summed E-state index contributed by atoms with van der Waals surface area (Å²) in [5, 5.41) is 3.42. The van der Waals surface area contributed by atoms with Crippen LogP contribution in [0, 0.1) is 0 Å². The fourth-order valence-corrected chi connectivity index (χ4v) is 3.81. The van der Waals surface area contributed by atoms with E-state index in [0.717, 1.165) is 36.3 Å². The van der Waals surface area contributed by atoms with Crippen LogP contribution in [-0.4, -0.2) is 19.4 Å². The Kier molecular flexibility index (Phi) is 4.22. The second-order valence-electron chi connectivity index (χ2n) is 5.12. The fourth-order valence-electron chi connectivity index (χ4n) is 2.41. The molecule has 4 aromatic rings. The van der Waals surface area contributed by atoms with Crippen LogP contribution in [0.3, 0.4) is 0 Å². The lowest BCUT2D eigenvalue weighted by molar-refractivity contribution is 1.05. The Labute approximate surface area is 155 Å². The van der Waals surface area contributed by atoms with Crippen molar-refractivity contribution in [2.75, 3.05) is 5.32 Å². The SMILES string of the molecule is Clc1ccc(-c2cc(NCc3cncnc3)c3ncc(Br)n3c2)s1. The van der Waals surface area contributed by atoms with Crippen molar-refractivity contribution in [1.29, 1.82) is 0 Å². The molecule has 0 saturated carbocycles. The highest BCUT2D eigenvalue weighted by atomic mass is 79.9. The van der Waals surface area contributed by atoms with Gasteiger partial charge in [0.25, 0.3) is 0 Å². The topological polar surface area (TPSA) is 55.1 Å². The van der Waals surface area contributed by atoms with Crippen LogP contribution < -0.4 is 5.32 Å². The van der Waals surface area contributed by atoms with Crippen LogP contribution in [-0.2, 0) is 6.54 Å². The molecule has 1 N–H and O–H groups in total. The van der Waals surface area contributed by atoms with E-state index in [0.29, 0.717) is 6.54 Å². The third-order valence-electron chi connectivity index (χ3n) is 3.52. The zero-order valence-electron chi connectivity index (χ0n) is 12.3. The van der Waals surface area contributed by atoms with Crippen molar-refractivity contribution >= 4 is 50.2 Å². The van der Waals surface area contributed by atoms with E-state index >= 15 is 0 Å². The molecule has 0 unspecified atom stereocenters. The molecule has 4 aromatic heterocycles. The normalized spacial score (nSPS) is 11.1. The summed E-state index contributed by atoms with van der Waals surface area (Å²) in [7, 11) is 0. The first-order chi connectivity index (χ1) is 11.7. The van der Waals surface area contributed by atoms with Crippen LogP contribution in [0.5, 0.6) is 0 Å². The molecule has 24 heavy (non-hydrogen) atoms. The first kappa shape index (κ1) is 15.6. The van der Waals surface area contributed by atoms with Crippen LogP contribution in [0.25, 0.3) is 16.1 Å². The molecule has 0 amide bonds. The Balaban J connectivity index is 1.75. The summed E-state index contributed by atoms with van der Waals surface area (Å²) in [6.45, 7) is 0.621. The fraction of sp³-hybridized carbons (Fsp3) is 0.0625. The monoisotopic (exact) mass is 419 g/mol. The molecule has 0 spiro atoms. The van der Waals surface area contributed by atoms with E-state index in [4.69, 9.17) is 11.6 Å². The lowest BCUT2D eigenvalue weighted by Crippen LogP contribution is -2.03. The van der Waals surface area contributed by atoms with E-state index in [-0.39, 0.29) is 0 Å². The molecule has 0 atom stereocenters. The standard InChI is InChI=1S/C16H11BrClN5S/c17-14-7-22-16-12(21-6-10-4-19-9-20-5-10)3-11(8-23(14)16)13-1-2-15(18)24-13/h1-5,7-9,21H,6H2. The summed E-state index contributed by atoms with van der Waals surface area (Å²) >= 11 is 11.2. The third kappa shape index (κ3) is 3.02. The Morgan fingerprint density at radius 1 is 1.21 bits per heavy atom. The minimum Gasteiger partial charge on any atom is -0.378 e. The predicted octanol–water partition coefficient (Wildman–Crippen LogP) is 4.88.